The van der Waals surface area contributed by atoms with E-state index in [9.17, 15) is 4.79 Å². The van der Waals surface area contributed by atoms with Crippen molar-refractivity contribution in [3.63, 3.8) is 0 Å². The van der Waals surface area contributed by atoms with Crippen LogP contribution in [0.2, 0.25) is 5.02 Å². The molecule has 1 aromatic heterocycles. The summed E-state index contributed by atoms with van der Waals surface area (Å²) in [4.78, 5) is 16.8. The van der Waals surface area contributed by atoms with Gasteiger partial charge in [-0.1, -0.05) is 48.0 Å². The Hall–Kier alpha value is -3.12. The molecule has 0 saturated heterocycles. The normalized spacial score (nSPS) is 16.0. The smallest absolute Gasteiger partial charge is 0.248 e. The van der Waals surface area contributed by atoms with Crippen molar-refractivity contribution in [3.8, 4) is 11.4 Å². The number of halogens is 1. The molecule has 0 aliphatic carbocycles. The van der Waals surface area contributed by atoms with E-state index in [0.717, 1.165) is 16.7 Å². The summed E-state index contributed by atoms with van der Waals surface area (Å²) in [6.07, 6.45) is 0. The SMILES string of the molecule is CC1=C(C(N)=O)C(c2ccc(Cl)cc2)n2nc(-c3ccccc3C)nc2N1. The first-order valence-electron chi connectivity index (χ1n) is 8.51. The molecule has 27 heavy (non-hydrogen) atoms. The van der Waals surface area contributed by atoms with Gasteiger partial charge in [-0.25, -0.2) is 4.68 Å². The van der Waals surface area contributed by atoms with Crippen molar-refractivity contribution >= 4 is 23.5 Å². The quantitative estimate of drug-likeness (QED) is 0.726. The first-order valence-corrected chi connectivity index (χ1v) is 8.89. The first kappa shape index (κ1) is 17.3. The molecule has 1 aliphatic rings. The molecule has 0 spiro atoms. The fourth-order valence-electron chi connectivity index (χ4n) is 3.36. The summed E-state index contributed by atoms with van der Waals surface area (Å²) in [7, 11) is 0. The maximum Gasteiger partial charge on any atom is 0.248 e. The van der Waals surface area contributed by atoms with Gasteiger partial charge in [0.05, 0.1) is 5.57 Å². The van der Waals surface area contributed by atoms with Crippen LogP contribution in [0.5, 0.6) is 0 Å². The fourth-order valence-corrected chi connectivity index (χ4v) is 3.49. The van der Waals surface area contributed by atoms with Gasteiger partial charge >= 0.3 is 0 Å². The van der Waals surface area contributed by atoms with Gasteiger partial charge in [-0.2, -0.15) is 4.98 Å². The average molecular weight is 380 g/mol. The molecule has 4 rings (SSSR count). The number of nitrogens with two attached hydrogens (primary N) is 1. The van der Waals surface area contributed by atoms with E-state index in [1.54, 1.807) is 16.8 Å². The number of aromatic nitrogens is 3. The van der Waals surface area contributed by atoms with Crippen LogP contribution in [0.25, 0.3) is 11.4 Å². The lowest BCUT2D eigenvalue weighted by molar-refractivity contribution is -0.115. The summed E-state index contributed by atoms with van der Waals surface area (Å²) in [5.41, 5.74) is 9.68. The number of hydrogen-bond donors (Lipinski definition) is 2. The Morgan fingerprint density at radius 1 is 1.15 bits per heavy atom. The average Bonchev–Trinajstić information content (AvgIpc) is 3.04. The third-order valence-corrected chi connectivity index (χ3v) is 4.94. The molecule has 0 radical (unpaired) electrons. The van der Waals surface area contributed by atoms with Gasteiger partial charge < -0.3 is 11.1 Å². The highest BCUT2D eigenvalue weighted by molar-refractivity contribution is 6.30. The van der Waals surface area contributed by atoms with Crippen LogP contribution in [0.4, 0.5) is 5.95 Å². The minimum Gasteiger partial charge on any atom is -0.366 e. The number of anilines is 1. The van der Waals surface area contributed by atoms with Crippen molar-refractivity contribution in [3.05, 3.63) is 76.0 Å². The standard InChI is InChI=1S/C20H18ClN5O/c1-11-5-3-4-6-15(11)19-24-20-23-12(2)16(18(22)27)17(26(20)25-19)13-7-9-14(21)10-8-13/h3-10,17H,1-2H3,(H2,22,27)(H,23,24,25). The van der Waals surface area contributed by atoms with Gasteiger partial charge in [0.1, 0.15) is 6.04 Å². The number of primary amides is 1. The highest BCUT2D eigenvalue weighted by atomic mass is 35.5. The van der Waals surface area contributed by atoms with Gasteiger partial charge in [-0.15, -0.1) is 5.10 Å². The molecule has 3 N–H and O–H groups in total. The number of benzene rings is 2. The topological polar surface area (TPSA) is 85.8 Å². The number of hydrogen-bond acceptors (Lipinski definition) is 4. The Balaban J connectivity index is 1.90. The Kier molecular flexibility index (Phi) is 4.20. The molecule has 1 amide bonds. The van der Waals surface area contributed by atoms with Gasteiger partial charge in [-0.05, 0) is 37.1 Å². The first-order chi connectivity index (χ1) is 13.0. The van der Waals surface area contributed by atoms with Gasteiger partial charge in [0.25, 0.3) is 0 Å². The number of amides is 1. The number of fused-ring (bicyclic) bond motifs is 1. The van der Waals surface area contributed by atoms with E-state index in [0.29, 0.717) is 28.1 Å². The zero-order chi connectivity index (χ0) is 19.1. The van der Waals surface area contributed by atoms with E-state index in [2.05, 4.69) is 10.3 Å². The third-order valence-electron chi connectivity index (χ3n) is 4.69. The van der Waals surface area contributed by atoms with Crippen LogP contribution in [0, 0.1) is 6.92 Å². The van der Waals surface area contributed by atoms with Gasteiger partial charge in [0.2, 0.25) is 11.9 Å². The predicted octanol–water partition coefficient (Wildman–Crippen LogP) is 3.68. The summed E-state index contributed by atoms with van der Waals surface area (Å²) in [5.74, 6) is 0.655. The van der Waals surface area contributed by atoms with E-state index < -0.39 is 11.9 Å². The molecule has 7 heteroatoms. The molecule has 2 aromatic carbocycles. The maximum absolute atomic E-state index is 12.2. The van der Waals surface area contributed by atoms with Crippen molar-refractivity contribution in [1.29, 1.82) is 0 Å². The van der Waals surface area contributed by atoms with Crippen LogP contribution in [-0.4, -0.2) is 20.7 Å². The van der Waals surface area contributed by atoms with Crippen molar-refractivity contribution < 1.29 is 4.79 Å². The van der Waals surface area contributed by atoms with Crippen molar-refractivity contribution in [2.24, 2.45) is 5.73 Å². The van der Waals surface area contributed by atoms with Crippen molar-refractivity contribution in [2.75, 3.05) is 5.32 Å². The molecule has 1 atom stereocenters. The van der Waals surface area contributed by atoms with E-state index in [-0.39, 0.29) is 0 Å². The molecular formula is C20H18ClN5O. The molecule has 6 nitrogen and oxygen atoms in total. The minimum absolute atomic E-state index is 0.450. The largest absolute Gasteiger partial charge is 0.366 e. The molecule has 2 heterocycles. The Morgan fingerprint density at radius 3 is 2.52 bits per heavy atom. The van der Waals surface area contributed by atoms with Gasteiger partial charge in [0, 0.05) is 16.3 Å². The lowest BCUT2D eigenvalue weighted by atomic mass is 9.95. The number of rotatable bonds is 3. The number of nitrogens with one attached hydrogen (secondary N) is 1. The predicted molar refractivity (Wildman–Crippen MR) is 105 cm³/mol. The molecular weight excluding hydrogens is 362 g/mol. The second-order valence-corrected chi connectivity index (χ2v) is 6.94. The Labute approximate surface area is 161 Å². The highest BCUT2D eigenvalue weighted by Crippen LogP contribution is 2.36. The van der Waals surface area contributed by atoms with Crippen LogP contribution < -0.4 is 11.1 Å². The summed E-state index contributed by atoms with van der Waals surface area (Å²) >= 11 is 6.03. The lowest BCUT2D eigenvalue weighted by Crippen LogP contribution is -2.31. The van der Waals surface area contributed by atoms with Gasteiger partial charge in [0.15, 0.2) is 5.82 Å². The monoisotopic (exact) mass is 379 g/mol. The number of allylic oxidation sites excluding steroid dienone is 1. The number of carbonyl (C=O) groups is 1. The van der Waals surface area contributed by atoms with E-state index >= 15 is 0 Å². The maximum atomic E-state index is 12.2. The van der Waals surface area contributed by atoms with Crippen LogP contribution in [0.15, 0.2) is 59.8 Å². The van der Waals surface area contributed by atoms with E-state index in [4.69, 9.17) is 22.4 Å². The Bertz CT molecular complexity index is 1070. The Morgan fingerprint density at radius 2 is 1.85 bits per heavy atom. The molecule has 0 saturated carbocycles. The zero-order valence-corrected chi connectivity index (χ0v) is 15.7. The minimum atomic E-state index is -0.501. The van der Waals surface area contributed by atoms with E-state index in [1.165, 1.54) is 0 Å². The van der Waals surface area contributed by atoms with Crippen LogP contribution in [0.1, 0.15) is 24.1 Å². The number of aryl methyl sites for hydroxylation is 1. The van der Waals surface area contributed by atoms with E-state index in [1.807, 2.05) is 50.2 Å². The summed E-state index contributed by atoms with van der Waals surface area (Å²) in [6, 6.07) is 14.7. The summed E-state index contributed by atoms with van der Waals surface area (Å²) in [6.45, 7) is 3.83. The zero-order valence-electron chi connectivity index (χ0n) is 14.9. The molecule has 136 valence electrons. The number of nitrogens with zero attached hydrogens (tertiary/aromatic N) is 3. The molecule has 1 aliphatic heterocycles. The second-order valence-electron chi connectivity index (χ2n) is 6.50. The fraction of sp³-hybridized carbons (Fsp3) is 0.150. The molecule has 0 fully saturated rings. The van der Waals surface area contributed by atoms with Crippen LogP contribution in [-0.2, 0) is 4.79 Å². The molecule has 0 bridgehead atoms. The van der Waals surface area contributed by atoms with Crippen LogP contribution in [0.3, 0.4) is 0 Å². The number of carbonyl (C=O) groups excluding carboxylic acids is 1. The molecule has 1 unspecified atom stereocenters. The summed E-state index contributed by atoms with van der Waals surface area (Å²) < 4.78 is 1.71. The van der Waals surface area contributed by atoms with Gasteiger partial charge in [-0.3, -0.25) is 4.79 Å². The third kappa shape index (κ3) is 2.98. The van der Waals surface area contributed by atoms with Crippen molar-refractivity contribution in [1.82, 2.24) is 14.8 Å². The van der Waals surface area contributed by atoms with Crippen LogP contribution >= 0.6 is 11.6 Å². The highest BCUT2D eigenvalue weighted by Gasteiger charge is 2.33. The second kappa shape index (κ2) is 6.55. The lowest BCUT2D eigenvalue weighted by Gasteiger charge is -2.27. The van der Waals surface area contributed by atoms with Crippen molar-refractivity contribution in [2.45, 2.75) is 19.9 Å². The summed E-state index contributed by atoms with van der Waals surface area (Å²) in [5, 5.41) is 8.47. The molecule has 3 aromatic rings.